The van der Waals surface area contributed by atoms with Crippen LogP contribution in [0.5, 0.6) is 11.5 Å². The Balaban J connectivity index is 1.37. The number of nitrogens with zero attached hydrogens (tertiary/aromatic N) is 2. The van der Waals surface area contributed by atoms with Gasteiger partial charge in [-0.15, -0.1) is 24.5 Å². The molecule has 2 saturated heterocycles. The lowest BCUT2D eigenvalue weighted by Crippen LogP contribution is -2.48. The number of ether oxygens (including phenoxy) is 1. The van der Waals surface area contributed by atoms with E-state index in [-0.39, 0.29) is 42.5 Å². The fourth-order valence-electron chi connectivity index (χ4n) is 7.92. The van der Waals surface area contributed by atoms with Crippen molar-refractivity contribution in [2.45, 2.75) is 38.6 Å². The number of halogens is 3. The third kappa shape index (κ3) is 4.48. The first-order valence-electron chi connectivity index (χ1n) is 14.5. The van der Waals surface area contributed by atoms with Gasteiger partial charge in [-0.05, 0) is 67.5 Å². The molecule has 0 radical (unpaired) electrons. The van der Waals surface area contributed by atoms with Crippen LogP contribution in [0.25, 0.3) is 0 Å². The number of phenols is 1. The highest BCUT2D eigenvalue weighted by molar-refractivity contribution is 7.09. The normalized spacial score (nSPS) is 29.4. The molecule has 2 aliphatic carbocycles. The van der Waals surface area contributed by atoms with E-state index in [1.165, 1.54) is 16.2 Å². The molecule has 1 aromatic heterocycles. The highest BCUT2D eigenvalue weighted by atomic mass is 32.1. The summed E-state index contributed by atoms with van der Waals surface area (Å²) in [5.74, 6) is -7.00. The molecule has 3 fully saturated rings. The average molecular weight is 637 g/mol. The number of hydrogen-bond acceptors (Lipinski definition) is 7. The molecular weight excluding hydrogens is 609 g/mol. The minimum absolute atomic E-state index is 0.0260. The van der Waals surface area contributed by atoms with Crippen LogP contribution >= 0.6 is 11.3 Å². The van der Waals surface area contributed by atoms with E-state index in [1.54, 1.807) is 43.3 Å². The van der Waals surface area contributed by atoms with E-state index in [0.717, 1.165) is 28.0 Å². The average Bonchev–Trinajstić information content (AvgIpc) is 3.65. The summed E-state index contributed by atoms with van der Waals surface area (Å²) in [6.07, 6.45) is -2.99. The Morgan fingerprint density at radius 3 is 2.42 bits per heavy atom. The standard InChI is InChI=1S/C33H27F3N2O6S/c1-32-24(29(41)38(31(32)43)17-6-3-2-4-7-17)15-22-20(27(32)23-14-18(9-12-25(23)39)44-33(34,35)36)10-11-21-26(22)30(42)37(28(21)40)16-19-8-5-13-45-19/h2-10,12-14,21-22,24,26-27,39H,11,15-16H2,1H3. The molecule has 6 unspecified atom stereocenters. The lowest BCUT2D eigenvalue weighted by molar-refractivity contribution is -0.274. The molecule has 3 heterocycles. The van der Waals surface area contributed by atoms with Crippen molar-refractivity contribution in [1.29, 1.82) is 0 Å². The van der Waals surface area contributed by atoms with E-state index in [1.807, 2.05) is 17.5 Å². The van der Waals surface area contributed by atoms with E-state index in [4.69, 9.17) is 0 Å². The number of aromatic hydroxyl groups is 1. The van der Waals surface area contributed by atoms with Crippen LogP contribution in [0.3, 0.4) is 0 Å². The summed E-state index contributed by atoms with van der Waals surface area (Å²) in [7, 11) is 0. The third-order valence-corrected chi connectivity index (χ3v) is 10.7. The predicted octanol–water partition coefficient (Wildman–Crippen LogP) is 5.78. The molecule has 2 aliphatic heterocycles. The van der Waals surface area contributed by atoms with Crippen LogP contribution in [-0.4, -0.2) is 40.0 Å². The van der Waals surface area contributed by atoms with Gasteiger partial charge in [0.2, 0.25) is 23.6 Å². The van der Waals surface area contributed by atoms with E-state index in [2.05, 4.69) is 4.74 Å². The number of likely N-dealkylation sites (tertiary alicyclic amines) is 1. The Kier molecular flexibility index (Phi) is 6.70. The molecule has 12 heteroatoms. The van der Waals surface area contributed by atoms with Crippen LogP contribution in [0.4, 0.5) is 18.9 Å². The Morgan fingerprint density at radius 2 is 1.73 bits per heavy atom. The summed E-state index contributed by atoms with van der Waals surface area (Å²) < 4.78 is 43.9. The largest absolute Gasteiger partial charge is 0.573 e. The number of amides is 4. The summed E-state index contributed by atoms with van der Waals surface area (Å²) >= 11 is 1.42. The number of carbonyl (C=O) groups excluding carboxylic acids is 4. The molecule has 7 rings (SSSR count). The van der Waals surface area contributed by atoms with Gasteiger partial charge >= 0.3 is 6.36 Å². The van der Waals surface area contributed by atoms with Crippen LogP contribution < -0.4 is 9.64 Å². The number of carbonyl (C=O) groups is 4. The maximum absolute atomic E-state index is 14.4. The van der Waals surface area contributed by atoms with Crippen LogP contribution in [-0.2, 0) is 25.7 Å². The maximum Gasteiger partial charge on any atom is 0.573 e. The summed E-state index contributed by atoms with van der Waals surface area (Å²) in [6.45, 7) is 1.71. The molecular formula is C33H27F3N2O6S. The number of phenolic OH excluding ortho intramolecular Hbond substituents is 1. The molecule has 1 N–H and O–H groups in total. The Labute approximate surface area is 259 Å². The number of para-hydroxylation sites is 1. The van der Waals surface area contributed by atoms with E-state index in [9.17, 15) is 37.5 Å². The summed E-state index contributed by atoms with van der Waals surface area (Å²) in [5.41, 5.74) is -0.672. The van der Waals surface area contributed by atoms with Crippen molar-refractivity contribution in [3.63, 3.8) is 0 Å². The molecule has 4 amide bonds. The van der Waals surface area contributed by atoms with E-state index in [0.29, 0.717) is 11.3 Å². The number of alkyl halides is 3. The van der Waals surface area contributed by atoms with Crippen molar-refractivity contribution in [2.24, 2.45) is 29.1 Å². The smallest absolute Gasteiger partial charge is 0.508 e. The summed E-state index contributed by atoms with van der Waals surface area (Å²) in [5, 5.41) is 13.0. The van der Waals surface area contributed by atoms with Crippen LogP contribution in [0.2, 0.25) is 0 Å². The number of hydrogen-bond donors (Lipinski definition) is 1. The van der Waals surface area contributed by atoms with Crippen molar-refractivity contribution in [3.8, 4) is 11.5 Å². The molecule has 45 heavy (non-hydrogen) atoms. The van der Waals surface area contributed by atoms with Crippen LogP contribution in [0.1, 0.15) is 36.1 Å². The van der Waals surface area contributed by atoms with Crippen molar-refractivity contribution >= 4 is 40.7 Å². The van der Waals surface area contributed by atoms with Gasteiger partial charge < -0.3 is 9.84 Å². The van der Waals surface area contributed by atoms with Gasteiger partial charge in [-0.1, -0.05) is 35.9 Å². The Bertz CT molecular complexity index is 1760. The topological polar surface area (TPSA) is 104 Å². The first-order valence-corrected chi connectivity index (χ1v) is 15.4. The predicted molar refractivity (Wildman–Crippen MR) is 156 cm³/mol. The molecule has 232 valence electrons. The second-order valence-corrected chi connectivity index (χ2v) is 13.1. The molecule has 1 saturated carbocycles. The minimum Gasteiger partial charge on any atom is -0.508 e. The van der Waals surface area contributed by atoms with Gasteiger partial charge in [0.05, 0.1) is 35.4 Å². The van der Waals surface area contributed by atoms with Crippen molar-refractivity contribution in [2.75, 3.05) is 4.90 Å². The number of imide groups is 2. The zero-order valence-electron chi connectivity index (χ0n) is 23.9. The SMILES string of the molecule is CC12C(=O)N(c3ccccc3)C(=O)C1CC1C(=CCC3C(=O)N(Cc4cccs4)C(=O)C31)C2c1cc(OC(F)(F)F)ccc1O. The summed E-state index contributed by atoms with van der Waals surface area (Å²) in [6, 6.07) is 15.1. The van der Waals surface area contributed by atoms with Crippen molar-refractivity contribution in [3.05, 3.63) is 88.1 Å². The monoisotopic (exact) mass is 636 g/mol. The van der Waals surface area contributed by atoms with Crippen LogP contribution in [0.15, 0.2) is 77.7 Å². The van der Waals surface area contributed by atoms with E-state index >= 15 is 0 Å². The first kappa shape index (κ1) is 29.3. The van der Waals surface area contributed by atoms with Gasteiger partial charge in [0.25, 0.3) is 0 Å². The number of rotatable bonds is 5. The number of thiophene rings is 1. The second kappa shape index (κ2) is 10.3. The quantitative estimate of drug-likeness (QED) is 0.281. The maximum atomic E-state index is 14.4. The van der Waals surface area contributed by atoms with Crippen LogP contribution in [0, 0.1) is 29.1 Å². The highest BCUT2D eigenvalue weighted by Crippen LogP contribution is 2.64. The van der Waals surface area contributed by atoms with Gasteiger partial charge in [-0.2, -0.15) is 0 Å². The van der Waals surface area contributed by atoms with Gasteiger partial charge in [0.1, 0.15) is 11.5 Å². The zero-order chi connectivity index (χ0) is 31.8. The van der Waals surface area contributed by atoms with Crippen molar-refractivity contribution < 1.29 is 42.2 Å². The molecule has 3 aromatic rings. The molecule has 2 aromatic carbocycles. The number of benzene rings is 2. The Morgan fingerprint density at radius 1 is 0.978 bits per heavy atom. The molecule has 4 aliphatic rings. The highest BCUT2D eigenvalue weighted by Gasteiger charge is 2.68. The number of allylic oxidation sites excluding steroid dienone is 2. The number of anilines is 1. The number of fused-ring (bicyclic) bond motifs is 4. The first-order chi connectivity index (χ1) is 21.4. The zero-order valence-corrected chi connectivity index (χ0v) is 24.7. The van der Waals surface area contributed by atoms with Crippen molar-refractivity contribution in [1.82, 2.24) is 4.90 Å². The summed E-state index contributed by atoms with van der Waals surface area (Å²) in [4.78, 5) is 59.2. The third-order valence-electron chi connectivity index (χ3n) is 9.82. The lowest BCUT2D eigenvalue weighted by atomic mass is 9.51. The fraction of sp³-hybridized carbons (Fsp3) is 0.333. The Hall–Kier alpha value is -4.45. The fourth-order valence-corrected chi connectivity index (χ4v) is 8.62. The van der Waals surface area contributed by atoms with Gasteiger partial charge in [-0.3, -0.25) is 24.1 Å². The molecule has 0 bridgehead atoms. The molecule has 6 atom stereocenters. The van der Waals surface area contributed by atoms with Gasteiger partial charge in [0.15, 0.2) is 0 Å². The van der Waals surface area contributed by atoms with Gasteiger partial charge in [-0.25, -0.2) is 4.90 Å². The molecule has 8 nitrogen and oxygen atoms in total. The minimum atomic E-state index is -5.01. The van der Waals surface area contributed by atoms with Gasteiger partial charge in [0, 0.05) is 16.4 Å². The molecule has 0 spiro atoms. The second-order valence-electron chi connectivity index (χ2n) is 12.1. The van der Waals surface area contributed by atoms with E-state index < -0.39 is 58.9 Å². The lowest BCUT2D eigenvalue weighted by Gasteiger charge is -2.49.